The van der Waals surface area contributed by atoms with Crippen LogP contribution in [0, 0.1) is 11.6 Å². The Bertz CT molecular complexity index is 1950. The summed E-state index contributed by atoms with van der Waals surface area (Å²) >= 11 is 0. The van der Waals surface area contributed by atoms with Crippen LogP contribution >= 0.6 is 0 Å². The highest BCUT2D eigenvalue weighted by molar-refractivity contribution is 6.02. The molecule has 9 rings (SSSR count). The summed E-state index contributed by atoms with van der Waals surface area (Å²) in [6.45, 7) is 4.30. The molecule has 5 aliphatic heterocycles. The van der Waals surface area contributed by atoms with Crippen molar-refractivity contribution in [1.82, 2.24) is 25.2 Å². The van der Waals surface area contributed by atoms with Crippen molar-refractivity contribution < 1.29 is 27.4 Å². The van der Waals surface area contributed by atoms with Gasteiger partial charge >= 0.3 is 12.1 Å². The van der Waals surface area contributed by atoms with Gasteiger partial charge in [-0.05, 0) is 86.5 Å². The van der Waals surface area contributed by atoms with E-state index in [0.29, 0.717) is 77.7 Å². The van der Waals surface area contributed by atoms with Crippen molar-refractivity contribution in [2.75, 3.05) is 50.0 Å². The molecule has 48 heavy (non-hydrogen) atoms. The highest BCUT2D eigenvalue weighted by atomic mass is 19.1. The number of carbonyl (C=O) groups excluding carboxylic acids is 1. The molecule has 1 amide bonds. The van der Waals surface area contributed by atoms with Gasteiger partial charge in [-0.3, -0.25) is 9.88 Å². The van der Waals surface area contributed by atoms with Gasteiger partial charge in [0.05, 0.1) is 23.1 Å². The number of alkyl halides is 1. The molecule has 6 bridgehead atoms. The minimum Gasteiger partial charge on any atom is -0.461 e. The molecule has 3 atom stereocenters. The quantitative estimate of drug-likeness (QED) is 0.267. The Morgan fingerprint density at radius 2 is 2.00 bits per heavy atom. The maximum Gasteiger partial charge on any atom is 0.407 e. The van der Waals surface area contributed by atoms with E-state index in [1.54, 1.807) is 18.2 Å². The zero-order valence-corrected chi connectivity index (χ0v) is 26.8. The molecule has 0 radical (unpaired) electrons. The molecule has 7 heterocycles. The van der Waals surface area contributed by atoms with Crippen molar-refractivity contribution in [3.05, 3.63) is 47.7 Å². The number of piperidine rings is 1. The standard InChI is InChI=1S/C35H38F3N7O3/c1-34-8-3-10-44(18-34)31-25-16-40-29(28(38)30(25)41-32(42-31)48-19-35-9-4-11-45(35)17-21(36)15-35)24-14-22(39)13-20-6-7-26(37)23(27(20)24)5-2-12-47-33(46)43-34/h6-7,13-14,16,21H,2-5,8-12,15,17-19,39H2,1H3,(H,43,46)/t21-,34-,35+/m1/s1. The Balaban J connectivity index is 1.31. The van der Waals surface area contributed by atoms with Crippen LogP contribution in [-0.2, 0) is 11.2 Å². The fraction of sp³-hybridized carbons (Fsp3) is 0.486. The number of benzene rings is 2. The number of aryl methyl sites for hydroxylation is 1. The van der Waals surface area contributed by atoms with E-state index < -0.39 is 35.0 Å². The second-order valence-electron chi connectivity index (χ2n) is 14.0. The molecule has 2 aromatic heterocycles. The van der Waals surface area contributed by atoms with E-state index in [2.05, 4.69) is 20.2 Å². The number of nitrogens with zero attached hydrogens (tertiary/aromatic N) is 5. The Kier molecular flexibility index (Phi) is 7.50. The topological polar surface area (TPSA) is 119 Å². The Morgan fingerprint density at radius 3 is 2.88 bits per heavy atom. The molecule has 2 aromatic carbocycles. The summed E-state index contributed by atoms with van der Waals surface area (Å²) < 4.78 is 58.8. The number of anilines is 2. The van der Waals surface area contributed by atoms with Crippen molar-refractivity contribution in [2.24, 2.45) is 0 Å². The van der Waals surface area contributed by atoms with Gasteiger partial charge in [-0.2, -0.15) is 9.97 Å². The number of nitrogen functional groups attached to an aromatic ring is 1. The molecular formula is C35H38F3N7O3. The first kappa shape index (κ1) is 30.9. The largest absolute Gasteiger partial charge is 0.461 e. The zero-order valence-electron chi connectivity index (χ0n) is 26.8. The lowest BCUT2D eigenvalue weighted by molar-refractivity contribution is 0.107. The molecule has 0 spiro atoms. The molecule has 3 fully saturated rings. The summed E-state index contributed by atoms with van der Waals surface area (Å²) in [7, 11) is 0. The van der Waals surface area contributed by atoms with E-state index in [-0.39, 0.29) is 36.9 Å². The predicted octanol–water partition coefficient (Wildman–Crippen LogP) is 5.69. The Labute approximate surface area is 275 Å². The van der Waals surface area contributed by atoms with Gasteiger partial charge in [-0.25, -0.2) is 18.0 Å². The van der Waals surface area contributed by atoms with E-state index in [9.17, 15) is 9.18 Å². The van der Waals surface area contributed by atoms with Crippen LogP contribution in [0.15, 0.2) is 30.5 Å². The van der Waals surface area contributed by atoms with E-state index >= 15 is 8.78 Å². The molecule has 3 N–H and O–H groups in total. The fourth-order valence-electron chi connectivity index (χ4n) is 8.35. The van der Waals surface area contributed by atoms with Crippen molar-refractivity contribution in [2.45, 2.75) is 69.1 Å². The van der Waals surface area contributed by atoms with Crippen LogP contribution in [-0.4, -0.2) is 82.6 Å². The number of hydrogen-bond donors (Lipinski definition) is 2. The van der Waals surface area contributed by atoms with Crippen molar-refractivity contribution in [3.8, 4) is 17.3 Å². The fourth-order valence-corrected chi connectivity index (χ4v) is 8.35. The lowest BCUT2D eigenvalue weighted by Gasteiger charge is -2.41. The van der Waals surface area contributed by atoms with Crippen LogP contribution in [0.3, 0.4) is 0 Å². The molecule has 252 valence electrons. The Hall–Kier alpha value is -4.39. The van der Waals surface area contributed by atoms with Crippen LogP contribution in [0.2, 0.25) is 0 Å². The number of fused-ring (bicyclic) bond motifs is 7. The monoisotopic (exact) mass is 661 g/mol. The van der Waals surface area contributed by atoms with E-state index in [0.717, 1.165) is 25.8 Å². The minimum absolute atomic E-state index is 0.00643. The third-order valence-electron chi connectivity index (χ3n) is 10.5. The minimum atomic E-state index is -0.933. The molecule has 5 aliphatic rings. The van der Waals surface area contributed by atoms with Gasteiger partial charge in [0.2, 0.25) is 0 Å². The predicted molar refractivity (Wildman–Crippen MR) is 176 cm³/mol. The molecule has 10 nitrogen and oxygen atoms in total. The second-order valence-corrected chi connectivity index (χ2v) is 14.0. The molecule has 0 unspecified atom stereocenters. The summed E-state index contributed by atoms with van der Waals surface area (Å²) in [4.78, 5) is 31.1. The third-order valence-corrected chi connectivity index (χ3v) is 10.5. The van der Waals surface area contributed by atoms with E-state index in [1.807, 2.05) is 11.8 Å². The van der Waals surface area contributed by atoms with Gasteiger partial charge < -0.3 is 25.4 Å². The summed E-state index contributed by atoms with van der Waals surface area (Å²) in [6, 6.07) is 6.25. The number of pyridine rings is 1. The molecule has 0 aliphatic carbocycles. The Morgan fingerprint density at radius 1 is 1.15 bits per heavy atom. The summed E-state index contributed by atoms with van der Waals surface area (Å²) in [5, 5.41) is 4.49. The normalized spacial score (nSPS) is 26.1. The maximum atomic E-state index is 17.0. The highest BCUT2D eigenvalue weighted by Gasteiger charge is 2.49. The first-order chi connectivity index (χ1) is 23.1. The summed E-state index contributed by atoms with van der Waals surface area (Å²) in [5.41, 5.74) is 6.16. The average Bonchev–Trinajstić information content (AvgIpc) is 3.57. The van der Waals surface area contributed by atoms with Crippen LogP contribution in [0.5, 0.6) is 6.01 Å². The van der Waals surface area contributed by atoms with Gasteiger partial charge in [0.1, 0.15) is 35.6 Å². The molecule has 13 heteroatoms. The number of amides is 1. The second kappa shape index (κ2) is 11.6. The van der Waals surface area contributed by atoms with Crippen molar-refractivity contribution in [3.63, 3.8) is 0 Å². The van der Waals surface area contributed by atoms with E-state index in [4.69, 9.17) is 20.2 Å². The van der Waals surface area contributed by atoms with Crippen molar-refractivity contribution in [1.29, 1.82) is 0 Å². The van der Waals surface area contributed by atoms with Gasteiger partial charge in [0, 0.05) is 43.5 Å². The van der Waals surface area contributed by atoms with Crippen LogP contribution in [0.4, 0.5) is 29.5 Å². The molecule has 4 aromatic rings. The zero-order chi connectivity index (χ0) is 33.2. The number of ether oxygens (including phenoxy) is 2. The number of carbonyl (C=O) groups is 1. The number of aromatic nitrogens is 3. The summed E-state index contributed by atoms with van der Waals surface area (Å²) in [6.07, 6.45) is 4.14. The first-order valence-electron chi connectivity index (χ1n) is 16.7. The molecule has 3 saturated heterocycles. The third kappa shape index (κ3) is 5.32. The summed E-state index contributed by atoms with van der Waals surface area (Å²) in [5.74, 6) is -0.762. The SMILES string of the molecule is C[C@@]12CCCN(C1)c1nc(OC[C@@]34CCCN3C[C@H](F)C4)nc3c(F)c(ncc13)-c1cc(N)cc3ccc(F)c(c13)CCCOC(=O)N2. The number of hydrogen-bond acceptors (Lipinski definition) is 9. The number of nitrogens with two attached hydrogens (primary N) is 1. The van der Waals surface area contributed by atoms with Gasteiger partial charge in [0.15, 0.2) is 5.82 Å². The number of alkyl carbamates (subject to hydrolysis) is 1. The lowest BCUT2D eigenvalue weighted by Crippen LogP contribution is -2.57. The number of rotatable bonds is 3. The molecule has 0 saturated carbocycles. The number of nitrogens with one attached hydrogen (secondary N) is 1. The first-order valence-corrected chi connectivity index (χ1v) is 16.7. The lowest BCUT2D eigenvalue weighted by atomic mass is 9.91. The average molecular weight is 662 g/mol. The van der Waals surface area contributed by atoms with Crippen molar-refractivity contribution >= 4 is 39.3 Å². The smallest absolute Gasteiger partial charge is 0.407 e. The van der Waals surface area contributed by atoms with Crippen LogP contribution < -0.4 is 20.7 Å². The van der Waals surface area contributed by atoms with Gasteiger partial charge in [-0.1, -0.05) is 6.07 Å². The van der Waals surface area contributed by atoms with Gasteiger partial charge in [0.25, 0.3) is 0 Å². The highest BCUT2D eigenvalue weighted by Crippen LogP contribution is 2.42. The molecular weight excluding hydrogens is 623 g/mol. The maximum absolute atomic E-state index is 17.0. The number of halogens is 3. The van der Waals surface area contributed by atoms with Crippen LogP contribution in [0.25, 0.3) is 32.9 Å². The van der Waals surface area contributed by atoms with Gasteiger partial charge in [-0.15, -0.1) is 0 Å². The van der Waals surface area contributed by atoms with Crippen LogP contribution in [0.1, 0.15) is 51.0 Å². The van der Waals surface area contributed by atoms with E-state index in [1.165, 1.54) is 12.3 Å².